The molecule has 3 saturated heterocycles. The Morgan fingerprint density at radius 1 is 1.15 bits per heavy atom. The maximum absolute atomic E-state index is 13.5. The first-order valence-electron chi connectivity index (χ1n) is 9.20. The predicted octanol–water partition coefficient (Wildman–Crippen LogP) is 2.06. The summed E-state index contributed by atoms with van der Waals surface area (Å²) in [6.45, 7) is 0.169. The molecule has 1 N–H and O–H groups in total. The number of rotatable bonds is 3. The van der Waals surface area contributed by atoms with E-state index in [0.29, 0.717) is 12.1 Å². The number of carbonyl (C=O) groups excluding carboxylic acids is 2. The van der Waals surface area contributed by atoms with E-state index in [0.717, 1.165) is 43.9 Å². The Bertz CT molecular complexity index is 709. The summed E-state index contributed by atoms with van der Waals surface area (Å²) in [6, 6.07) is 4.17. The molecule has 5 nitrogen and oxygen atoms in total. The second kappa shape index (κ2) is 6.61. The van der Waals surface area contributed by atoms with E-state index >= 15 is 0 Å². The van der Waals surface area contributed by atoms with Crippen LogP contribution in [0.15, 0.2) is 18.2 Å². The molecule has 3 heterocycles. The number of carbonyl (C=O) groups is 2. The van der Waals surface area contributed by atoms with Gasteiger partial charge in [0, 0.05) is 49.9 Å². The van der Waals surface area contributed by atoms with E-state index in [1.165, 1.54) is 4.90 Å². The minimum absolute atomic E-state index is 0.0518. The molecular formula is C19H23F2N3O2. The molecule has 0 spiro atoms. The molecule has 0 radical (unpaired) electrons. The Balaban J connectivity index is 1.45. The van der Waals surface area contributed by atoms with Gasteiger partial charge in [-0.15, -0.1) is 0 Å². The van der Waals surface area contributed by atoms with Crippen molar-refractivity contribution in [3.05, 3.63) is 29.8 Å². The van der Waals surface area contributed by atoms with Gasteiger partial charge in [0.1, 0.15) is 11.6 Å². The largest absolute Gasteiger partial charge is 0.342 e. The lowest BCUT2D eigenvalue weighted by Crippen LogP contribution is -2.50. The molecule has 3 aliphatic heterocycles. The fourth-order valence-corrected chi connectivity index (χ4v) is 4.63. The predicted molar refractivity (Wildman–Crippen MR) is 92.6 cm³/mol. The van der Waals surface area contributed by atoms with Crippen LogP contribution in [-0.4, -0.2) is 48.4 Å². The number of hydrogen-bond donors (Lipinski definition) is 1. The second-order valence-corrected chi connectivity index (χ2v) is 7.75. The fraction of sp³-hybridized carbons (Fsp3) is 0.579. The summed E-state index contributed by atoms with van der Waals surface area (Å²) >= 11 is 0. The van der Waals surface area contributed by atoms with Crippen LogP contribution in [-0.2, 0) is 9.59 Å². The summed E-state index contributed by atoms with van der Waals surface area (Å²) in [6.07, 6.45) is 4.28. The quantitative estimate of drug-likeness (QED) is 0.894. The molecule has 0 aromatic heterocycles. The molecule has 26 heavy (non-hydrogen) atoms. The topological polar surface area (TPSA) is 52.7 Å². The van der Waals surface area contributed by atoms with Crippen molar-refractivity contribution >= 4 is 17.5 Å². The van der Waals surface area contributed by atoms with E-state index in [1.54, 1.807) is 4.90 Å². The maximum atomic E-state index is 13.5. The van der Waals surface area contributed by atoms with Gasteiger partial charge in [0.15, 0.2) is 0 Å². The molecule has 0 saturated carbocycles. The Morgan fingerprint density at radius 3 is 2.38 bits per heavy atom. The molecule has 3 aliphatic rings. The lowest BCUT2D eigenvalue weighted by Gasteiger charge is -2.36. The number of hydrogen-bond acceptors (Lipinski definition) is 3. The molecular weight excluding hydrogens is 340 g/mol. The molecule has 7 heteroatoms. The Labute approximate surface area is 151 Å². The van der Waals surface area contributed by atoms with Gasteiger partial charge < -0.3 is 15.1 Å². The van der Waals surface area contributed by atoms with Crippen LogP contribution in [0.3, 0.4) is 0 Å². The monoisotopic (exact) mass is 363 g/mol. The average Bonchev–Trinajstić information content (AvgIpc) is 3.14. The fourth-order valence-electron chi connectivity index (χ4n) is 4.63. The Hall–Kier alpha value is -2.02. The van der Waals surface area contributed by atoms with Crippen LogP contribution in [0.5, 0.6) is 0 Å². The zero-order chi connectivity index (χ0) is 18.4. The molecule has 4 rings (SSSR count). The Morgan fingerprint density at radius 2 is 1.77 bits per heavy atom. The first kappa shape index (κ1) is 17.4. The molecule has 3 fully saturated rings. The van der Waals surface area contributed by atoms with E-state index in [1.807, 2.05) is 7.05 Å². The van der Waals surface area contributed by atoms with Crippen molar-refractivity contribution in [2.75, 3.05) is 18.5 Å². The summed E-state index contributed by atoms with van der Waals surface area (Å²) in [5.74, 6) is -2.25. The first-order valence-corrected chi connectivity index (χ1v) is 9.20. The average molecular weight is 363 g/mol. The van der Waals surface area contributed by atoms with Gasteiger partial charge in [-0.3, -0.25) is 9.59 Å². The zero-order valence-electron chi connectivity index (χ0n) is 14.8. The molecule has 1 aromatic carbocycles. The minimum atomic E-state index is -0.732. The lowest BCUT2D eigenvalue weighted by atomic mass is 9.97. The van der Waals surface area contributed by atoms with Gasteiger partial charge in [-0.2, -0.15) is 0 Å². The van der Waals surface area contributed by atoms with Crippen LogP contribution >= 0.6 is 0 Å². The van der Waals surface area contributed by atoms with Crippen molar-refractivity contribution in [3.8, 4) is 0 Å². The van der Waals surface area contributed by atoms with Crippen molar-refractivity contribution < 1.29 is 18.4 Å². The third-order valence-corrected chi connectivity index (χ3v) is 5.98. The molecule has 3 unspecified atom stereocenters. The molecule has 1 aromatic rings. The van der Waals surface area contributed by atoms with Crippen LogP contribution in [0.2, 0.25) is 0 Å². The summed E-state index contributed by atoms with van der Waals surface area (Å²) in [4.78, 5) is 28.3. The summed E-state index contributed by atoms with van der Waals surface area (Å²) in [5.41, 5.74) is 0.172. The number of nitrogens with zero attached hydrogens (tertiary/aromatic N) is 2. The number of halogens is 2. The third-order valence-electron chi connectivity index (χ3n) is 5.98. The van der Waals surface area contributed by atoms with Gasteiger partial charge >= 0.3 is 0 Å². The highest BCUT2D eigenvalue weighted by atomic mass is 19.1. The van der Waals surface area contributed by atoms with E-state index in [9.17, 15) is 18.4 Å². The van der Waals surface area contributed by atoms with E-state index in [-0.39, 0.29) is 36.5 Å². The van der Waals surface area contributed by atoms with Gasteiger partial charge in [-0.05, 0) is 37.8 Å². The van der Waals surface area contributed by atoms with E-state index < -0.39 is 17.6 Å². The summed E-state index contributed by atoms with van der Waals surface area (Å²) in [5, 5.41) is 3.56. The second-order valence-electron chi connectivity index (χ2n) is 7.75. The van der Waals surface area contributed by atoms with Crippen LogP contribution in [0.25, 0.3) is 0 Å². The number of fused-ring (bicyclic) bond motifs is 2. The highest BCUT2D eigenvalue weighted by molar-refractivity contribution is 6.00. The lowest BCUT2D eigenvalue weighted by molar-refractivity contribution is -0.137. The van der Waals surface area contributed by atoms with Crippen LogP contribution in [0.4, 0.5) is 14.5 Å². The van der Waals surface area contributed by atoms with Gasteiger partial charge in [0.25, 0.3) is 0 Å². The number of nitrogens with one attached hydrogen (secondary N) is 1. The van der Waals surface area contributed by atoms with Gasteiger partial charge in [0.05, 0.1) is 5.92 Å². The first-order chi connectivity index (χ1) is 12.4. The Kier molecular flexibility index (Phi) is 4.42. The normalized spacial score (nSPS) is 30.7. The SMILES string of the molecule is CN(C(=O)C1CC(=O)N(c2cc(F)cc(F)c2)C1)C1CC2CCC(C1)N2. The van der Waals surface area contributed by atoms with Crippen LogP contribution < -0.4 is 10.2 Å². The molecule has 2 amide bonds. The zero-order valence-corrected chi connectivity index (χ0v) is 14.8. The third kappa shape index (κ3) is 3.20. The number of anilines is 1. The smallest absolute Gasteiger partial charge is 0.228 e. The van der Waals surface area contributed by atoms with Crippen LogP contribution in [0.1, 0.15) is 32.1 Å². The molecule has 0 aliphatic carbocycles. The minimum Gasteiger partial charge on any atom is -0.342 e. The van der Waals surface area contributed by atoms with Gasteiger partial charge in [-0.1, -0.05) is 0 Å². The van der Waals surface area contributed by atoms with Crippen molar-refractivity contribution in [2.24, 2.45) is 5.92 Å². The molecule has 2 bridgehead atoms. The number of piperidine rings is 1. The molecule has 3 atom stereocenters. The highest BCUT2D eigenvalue weighted by Crippen LogP contribution is 2.32. The van der Waals surface area contributed by atoms with E-state index in [2.05, 4.69) is 5.32 Å². The molecule has 140 valence electrons. The number of benzene rings is 1. The van der Waals surface area contributed by atoms with E-state index in [4.69, 9.17) is 0 Å². The van der Waals surface area contributed by atoms with Crippen molar-refractivity contribution in [3.63, 3.8) is 0 Å². The maximum Gasteiger partial charge on any atom is 0.228 e. The van der Waals surface area contributed by atoms with Crippen molar-refractivity contribution in [1.29, 1.82) is 0 Å². The highest BCUT2D eigenvalue weighted by Gasteiger charge is 2.41. The van der Waals surface area contributed by atoms with Crippen molar-refractivity contribution in [2.45, 2.75) is 50.2 Å². The summed E-state index contributed by atoms with van der Waals surface area (Å²) < 4.78 is 26.9. The van der Waals surface area contributed by atoms with Gasteiger partial charge in [0.2, 0.25) is 11.8 Å². The number of amides is 2. The van der Waals surface area contributed by atoms with Gasteiger partial charge in [-0.25, -0.2) is 8.78 Å². The standard InChI is InChI=1S/C19H23F2N3O2/c1-23(16-8-14-2-3-15(9-16)22-14)19(26)11-4-18(25)24(10-11)17-6-12(20)5-13(21)7-17/h5-7,11,14-16,22H,2-4,8-10H2,1H3. The van der Waals surface area contributed by atoms with Crippen molar-refractivity contribution in [1.82, 2.24) is 10.2 Å². The summed E-state index contributed by atoms with van der Waals surface area (Å²) in [7, 11) is 1.81. The van der Waals surface area contributed by atoms with Crippen LogP contribution in [0, 0.1) is 17.6 Å².